The Morgan fingerprint density at radius 2 is 1.50 bits per heavy atom. The Morgan fingerprint density at radius 3 is 2.09 bits per heavy atom. The molecule has 0 amide bonds. The summed E-state index contributed by atoms with van der Waals surface area (Å²) < 4.78 is 66.1. The molecule has 22 heavy (non-hydrogen) atoms. The molecule has 1 N–H and O–H groups in total. The summed E-state index contributed by atoms with van der Waals surface area (Å²) in [5, 5.41) is 0. The number of benzene rings is 1. The van der Waals surface area contributed by atoms with E-state index in [9.17, 15) is 21.6 Å². The summed E-state index contributed by atoms with van der Waals surface area (Å²) in [5.74, 6) is 0. The fraction of sp³-hybridized carbons (Fsp3) is 0.600. The molecule has 1 fully saturated rings. The highest BCUT2D eigenvalue weighted by atomic mass is 32.2. The number of hydrogen-bond donors (Lipinski definition) is 1. The molecule has 0 bridgehead atoms. The van der Waals surface area contributed by atoms with Crippen LogP contribution < -0.4 is 4.72 Å². The predicted octanol–water partition coefficient (Wildman–Crippen LogP) is 4.10. The van der Waals surface area contributed by atoms with E-state index in [4.69, 9.17) is 0 Å². The number of halogens is 3. The molecule has 1 aliphatic carbocycles. The number of nitrogens with one attached hydrogen (secondary N) is 1. The molecule has 0 aliphatic heterocycles. The van der Waals surface area contributed by atoms with E-state index >= 15 is 0 Å². The third-order valence-electron chi connectivity index (χ3n) is 3.91. The highest BCUT2D eigenvalue weighted by molar-refractivity contribution is 7.89. The molecule has 7 heteroatoms. The average Bonchev–Trinajstić information content (AvgIpc) is 2.41. The van der Waals surface area contributed by atoms with Gasteiger partial charge in [-0.25, -0.2) is 13.1 Å². The fourth-order valence-electron chi connectivity index (χ4n) is 2.79. The Balaban J connectivity index is 2.23. The van der Waals surface area contributed by atoms with Crippen LogP contribution in [-0.4, -0.2) is 14.5 Å². The van der Waals surface area contributed by atoms with Gasteiger partial charge in [0.25, 0.3) is 0 Å². The summed E-state index contributed by atoms with van der Waals surface area (Å²) >= 11 is 0. The molecule has 0 aromatic heterocycles. The minimum absolute atomic E-state index is 0.286. The molecule has 2 rings (SSSR count). The van der Waals surface area contributed by atoms with E-state index in [-0.39, 0.29) is 6.04 Å². The number of rotatable bonds is 3. The normalized spacial score (nSPS) is 18.7. The first-order chi connectivity index (χ1) is 10.3. The predicted molar refractivity (Wildman–Crippen MR) is 77.9 cm³/mol. The smallest absolute Gasteiger partial charge is 0.208 e. The molecular formula is C15H20F3NO2S. The van der Waals surface area contributed by atoms with Crippen molar-refractivity contribution in [2.75, 3.05) is 0 Å². The Kier molecular flexibility index (Phi) is 5.50. The van der Waals surface area contributed by atoms with Gasteiger partial charge in [0.2, 0.25) is 10.0 Å². The van der Waals surface area contributed by atoms with Gasteiger partial charge < -0.3 is 0 Å². The van der Waals surface area contributed by atoms with E-state index in [1.807, 2.05) is 0 Å². The highest BCUT2D eigenvalue weighted by Gasteiger charge is 2.37. The molecule has 0 heterocycles. The minimum atomic E-state index is -4.69. The van der Waals surface area contributed by atoms with E-state index in [1.165, 1.54) is 12.1 Å². The van der Waals surface area contributed by atoms with Crippen LogP contribution in [-0.2, 0) is 16.2 Å². The van der Waals surface area contributed by atoms with Crippen molar-refractivity contribution < 1.29 is 21.6 Å². The highest BCUT2D eigenvalue weighted by Crippen LogP contribution is 2.34. The molecule has 0 unspecified atom stereocenters. The van der Waals surface area contributed by atoms with Crippen molar-refractivity contribution in [3.63, 3.8) is 0 Å². The zero-order chi connectivity index (χ0) is 16.2. The maximum absolute atomic E-state index is 13.0. The number of sulfonamides is 1. The van der Waals surface area contributed by atoms with Crippen LogP contribution in [0.25, 0.3) is 0 Å². The van der Waals surface area contributed by atoms with Crippen LogP contribution in [0.4, 0.5) is 13.2 Å². The Bertz CT molecular complexity index is 591. The van der Waals surface area contributed by atoms with Crippen molar-refractivity contribution in [3.05, 3.63) is 29.8 Å². The van der Waals surface area contributed by atoms with Crippen LogP contribution in [0.15, 0.2) is 29.2 Å². The van der Waals surface area contributed by atoms with Crippen molar-refractivity contribution >= 4 is 10.0 Å². The van der Waals surface area contributed by atoms with Gasteiger partial charge in [-0.15, -0.1) is 0 Å². The van der Waals surface area contributed by atoms with Gasteiger partial charge in [-0.3, -0.25) is 0 Å². The average molecular weight is 335 g/mol. The zero-order valence-corrected chi connectivity index (χ0v) is 13.0. The second kappa shape index (κ2) is 7.00. The van der Waals surface area contributed by atoms with Crippen LogP contribution in [0.5, 0.6) is 0 Å². The summed E-state index contributed by atoms with van der Waals surface area (Å²) in [7, 11) is -4.17. The first kappa shape index (κ1) is 17.3. The quantitative estimate of drug-likeness (QED) is 0.904. The van der Waals surface area contributed by atoms with Crippen LogP contribution in [0.3, 0.4) is 0 Å². The Hall–Kier alpha value is -1.08. The largest absolute Gasteiger partial charge is 0.417 e. The summed E-state index contributed by atoms with van der Waals surface area (Å²) in [6.07, 6.45) is 1.67. The molecule has 1 aliphatic rings. The van der Waals surface area contributed by atoms with E-state index in [1.54, 1.807) is 0 Å². The second-order valence-corrected chi connectivity index (χ2v) is 7.34. The fourth-order valence-corrected chi connectivity index (χ4v) is 4.32. The van der Waals surface area contributed by atoms with Crippen molar-refractivity contribution in [2.24, 2.45) is 0 Å². The van der Waals surface area contributed by atoms with Gasteiger partial charge in [-0.2, -0.15) is 13.2 Å². The third-order valence-corrected chi connectivity index (χ3v) is 5.49. The lowest BCUT2D eigenvalue weighted by atomic mass is 9.97. The van der Waals surface area contributed by atoms with Gasteiger partial charge in [0.15, 0.2) is 0 Å². The lowest BCUT2D eigenvalue weighted by molar-refractivity contribution is -0.139. The Morgan fingerprint density at radius 1 is 0.955 bits per heavy atom. The van der Waals surface area contributed by atoms with Crippen molar-refractivity contribution in [1.29, 1.82) is 0 Å². The summed E-state index contributed by atoms with van der Waals surface area (Å²) in [6.45, 7) is 0. The summed E-state index contributed by atoms with van der Waals surface area (Å²) in [5.41, 5.74) is -1.12. The monoisotopic (exact) mass is 335 g/mol. The second-order valence-electron chi connectivity index (χ2n) is 5.66. The zero-order valence-electron chi connectivity index (χ0n) is 12.2. The standard InChI is InChI=1S/C15H20F3NO2S/c16-15(17,18)13-10-6-7-11-14(13)22(20,21)19-12-8-4-2-1-3-5-9-12/h6-7,10-12,19H,1-5,8-9H2. The molecule has 0 spiro atoms. The minimum Gasteiger partial charge on any atom is -0.208 e. The molecule has 3 nitrogen and oxygen atoms in total. The van der Waals surface area contributed by atoms with Crippen molar-refractivity contribution in [1.82, 2.24) is 4.72 Å². The van der Waals surface area contributed by atoms with E-state index < -0.39 is 26.7 Å². The molecule has 0 radical (unpaired) electrons. The van der Waals surface area contributed by atoms with Crippen LogP contribution in [0.2, 0.25) is 0 Å². The van der Waals surface area contributed by atoms with E-state index in [0.29, 0.717) is 12.8 Å². The topological polar surface area (TPSA) is 46.2 Å². The molecule has 1 aromatic carbocycles. The lowest BCUT2D eigenvalue weighted by Gasteiger charge is -2.22. The van der Waals surface area contributed by atoms with E-state index in [2.05, 4.69) is 4.72 Å². The van der Waals surface area contributed by atoms with Crippen molar-refractivity contribution in [2.45, 2.75) is 62.1 Å². The molecule has 0 atom stereocenters. The first-order valence-corrected chi connectivity index (χ1v) is 8.97. The summed E-state index contributed by atoms with van der Waals surface area (Å²) in [6, 6.07) is 4.02. The van der Waals surface area contributed by atoms with Crippen LogP contribution >= 0.6 is 0 Å². The maximum atomic E-state index is 13.0. The molecule has 124 valence electrons. The van der Waals surface area contributed by atoms with Crippen LogP contribution in [0, 0.1) is 0 Å². The van der Waals surface area contributed by atoms with Gasteiger partial charge in [-0.1, -0.05) is 44.2 Å². The number of hydrogen-bond acceptors (Lipinski definition) is 2. The Labute approximate surface area is 129 Å². The lowest BCUT2D eigenvalue weighted by Crippen LogP contribution is -2.36. The van der Waals surface area contributed by atoms with Gasteiger partial charge >= 0.3 is 6.18 Å². The summed E-state index contributed by atoms with van der Waals surface area (Å²) in [4.78, 5) is -0.690. The van der Waals surface area contributed by atoms with Crippen molar-refractivity contribution in [3.8, 4) is 0 Å². The molecular weight excluding hydrogens is 315 g/mol. The van der Waals surface area contributed by atoms with Gasteiger partial charge in [-0.05, 0) is 25.0 Å². The van der Waals surface area contributed by atoms with Gasteiger partial charge in [0.1, 0.15) is 0 Å². The first-order valence-electron chi connectivity index (χ1n) is 7.49. The molecule has 1 aromatic rings. The van der Waals surface area contributed by atoms with Gasteiger partial charge in [0, 0.05) is 6.04 Å². The van der Waals surface area contributed by atoms with E-state index in [0.717, 1.165) is 44.2 Å². The third kappa shape index (κ3) is 4.46. The SMILES string of the molecule is O=S(=O)(NC1CCCCCCC1)c1ccccc1C(F)(F)F. The molecule has 0 saturated heterocycles. The number of alkyl halides is 3. The maximum Gasteiger partial charge on any atom is 0.417 e. The van der Waals surface area contributed by atoms with Crippen LogP contribution in [0.1, 0.15) is 50.5 Å². The molecule has 1 saturated carbocycles. The van der Waals surface area contributed by atoms with Gasteiger partial charge in [0.05, 0.1) is 10.5 Å².